The van der Waals surface area contributed by atoms with Crippen molar-refractivity contribution in [3.8, 4) is 0 Å². The van der Waals surface area contributed by atoms with Crippen molar-refractivity contribution in [1.29, 1.82) is 0 Å². The lowest BCUT2D eigenvalue weighted by Crippen LogP contribution is -2.19. The lowest BCUT2D eigenvalue weighted by atomic mass is 10.1. The molecule has 0 bridgehead atoms. The highest BCUT2D eigenvalue weighted by Gasteiger charge is 2.18. The predicted molar refractivity (Wildman–Crippen MR) is 110 cm³/mol. The molecule has 0 radical (unpaired) electrons. The Bertz CT molecular complexity index is 1160. The fourth-order valence-corrected chi connectivity index (χ4v) is 3.82. The van der Waals surface area contributed by atoms with Crippen LogP contribution in [0.1, 0.15) is 26.3 Å². The average molecular weight is 432 g/mol. The minimum Gasteiger partial charge on any atom is -0.321 e. The number of aromatic nitrogens is 3. The molecule has 0 spiro atoms. The number of nitrogens with one attached hydrogen (secondary N) is 3. The van der Waals surface area contributed by atoms with Crippen LogP contribution in [-0.4, -0.2) is 41.7 Å². The van der Waals surface area contributed by atoms with Crippen molar-refractivity contribution < 1.29 is 18.0 Å². The number of amides is 2. The van der Waals surface area contributed by atoms with Gasteiger partial charge < -0.3 is 5.32 Å². The van der Waals surface area contributed by atoms with Gasteiger partial charge in [0.05, 0.1) is 17.5 Å². The Balaban J connectivity index is 1.81. The quantitative estimate of drug-likeness (QED) is 0.541. The van der Waals surface area contributed by atoms with Crippen molar-refractivity contribution >= 4 is 49.1 Å². The predicted octanol–water partition coefficient (Wildman–Crippen LogP) is 2.12. The van der Waals surface area contributed by atoms with Gasteiger partial charge in [0.25, 0.3) is 11.8 Å². The van der Waals surface area contributed by atoms with Gasteiger partial charge in [-0.1, -0.05) is 23.5 Å². The Morgan fingerprint density at radius 3 is 2.34 bits per heavy atom. The van der Waals surface area contributed by atoms with Crippen molar-refractivity contribution in [3.05, 3.63) is 59.4 Å². The molecule has 10 nitrogen and oxygen atoms in total. The standard InChI is InChI=1S/C17H16N6O4S2/c1-10-4-3-5-12(13(10)19-14(24)11-6-8-18-9-7-11)15(25)20-16-21-22-17(28-16)23-29(2,26)27/h3-9H,1-2H3,(H,19,24)(H,22,23)(H,20,21,25). The number of aryl methyl sites for hydroxylation is 1. The van der Waals surface area contributed by atoms with Crippen LogP contribution >= 0.6 is 11.3 Å². The molecular formula is C17H16N6O4S2. The van der Waals surface area contributed by atoms with Gasteiger partial charge in [0.1, 0.15) is 0 Å². The second kappa shape index (κ2) is 8.32. The molecule has 0 aliphatic heterocycles. The maximum Gasteiger partial charge on any atom is 0.259 e. The van der Waals surface area contributed by atoms with E-state index in [0.717, 1.165) is 17.6 Å². The summed E-state index contributed by atoms with van der Waals surface area (Å²) >= 11 is 0.865. The summed E-state index contributed by atoms with van der Waals surface area (Å²) in [5.41, 5.74) is 1.66. The third kappa shape index (κ3) is 5.33. The molecular weight excluding hydrogens is 416 g/mol. The van der Waals surface area contributed by atoms with Crippen LogP contribution in [0, 0.1) is 6.92 Å². The van der Waals surface area contributed by atoms with Crippen LogP contribution in [0.2, 0.25) is 0 Å². The third-order valence-electron chi connectivity index (χ3n) is 3.62. The van der Waals surface area contributed by atoms with Crippen LogP contribution in [0.3, 0.4) is 0 Å². The van der Waals surface area contributed by atoms with Gasteiger partial charge >= 0.3 is 0 Å². The maximum atomic E-state index is 12.7. The van der Waals surface area contributed by atoms with Crippen molar-refractivity contribution in [1.82, 2.24) is 15.2 Å². The number of anilines is 3. The van der Waals surface area contributed by atoms with E-state index in [1.54, 1.807) is 37.3 Å². The van der Waals surface area contributed by atoms with Crippen molar-refractivity contribution in [2.45, 2.75) is 6.92 Å². The number of hydrogen-bond donors (Lipinski definition) is 3. The van der Waals surface area contributed by atoms with E-state index in [1.807, 2.05) is 0 Å². The summed E-state index contributed by atoms with van der Waals surface area (Å²) < 4.78 is 24.7. The monoisotopic (exact) mass is 432 g/mol. The first-order chi connectivity index (χ1) is 13.7. The summed E-state index contributed by atoms with van der Waals surface area (Å²) in [6, 6.07) is 8.12. The molecule has 0 aliphatic rings. The summed E-state index contributed by atoms with van der Waals surface area (Å²) in [4.78, 5) is 29.1. The first-order valence-corrected chi connectivity index (χ1v) is 10.9. The number of hydrogen-bond acceptors (Lipinski definition) is 8. The number of pyridine rings is 1. The number of carbonyl (C=O) groups excluding carboxylic acids is 2. The van der Waals surface area contributed by atoms with Gasteiger partial charge in [-0.2, -0.15) is 0 Å². The van der Waals surface area contributed by atoms with Crippen LogP contribution in [0.5, 0.6) is 0 Å². The topological polar surface area (TPSA) is 143 Å². The fraction of sp³-hybridized carbons (Fsp3) is 0.118. The molecule has 29 heavy (non-hydrogen) atoms. The normalized spacial score (nSPS) is 11.0. The van der Waals surface area contributed by atoms with Gasteiger partial charge in [-0.15, -0.1) is 10.2 Å². The maximum absolute atomic E-state index is 12.7. The highest BCUT2D eigenvalue weighted by molar-refractivity contribution is 7.92. The van der Waals surface area contributed by atoms with E-state index in [0.29, 0.717) is 16.8 Å². The number of benzene rings is 1. The zero-order valence-electron chi connectivity index (χ0n) is 15.3. The Morgan fingerprint density at radius 1 is 0.966 bits per heavy atom. The molecule has 0 saturated heterocycles. The van der Waals surface area contributed by atoms with Crippen molar-refractivity contribution in [2.24, 2.45) is 0 Å². The Kier molecular flexibility index (Phi) is 5.84. The molecule has 0 atom stereocenters. The van der Waals surface area contributed by atoms with E-state index in [9.17, 15) is 18.0 Å². The van der Waals surface area contributed by atoms with E-state index in [-0.39, 0.29) is 21.7 Å². The fourth-order valence-electron chi connectivity index (χ4n) is 2.35. The van der Waals surface area contributed by atoms with E-state index in [4.69, 9.17) is 0 Å². The highest BCUT2D eigenvalue weighted by atomic mass is 32.2. The van der Waals surface area contributed by atoms with Crippen LogP contribution in [0.4, 0.5) is 16.0 Å². The van der Waals surface area contributed by atoms with Crippen molar-refractivity contribution in [2.75, 3.05) is 21.6 Å². The number of carbonyl (C=O) groups is 2. The summed E-state index contributed by atoms with van der Waals surface area (Å²) in [5.74, 6) is -0.910. The first-order valence-electron chi connectivity index (χ1n) is 8.16. The van der Waals surface area contributed by atoms with Crippen LogP contribution in [0.15, 0.2) is 42.7 Å². The molecule has 150 valence electrons. The molecule has 0 saturated carbocycles. The van der Waals surface area contributed by atoms with E-state index >= 15 is 0 Å². The molecule has 12 heteroatoms. The summed E-state index contributed by atoms with van der Waals surface area (Å²) in [6.45, 7) is 1.76. The average Bonchev–Trinajstić information content (AvgIpc) is 3.08. The summed E-state index contributed by atoms with van der Waals surface area (Å²) in [7, 11) is -3.50. The molecule has 0 fully saturated rings. The zero-order chi connectivity index (χ0) is 21.0. The Morgan fingerprint density at radius 2 is 1.66 bits per heavy atom. The molecule has 1 aromatic carbocycles. The molecule has 2 amide bonds. The molecule has 0 unspecified atom stereocenters. The van der Waals surface area contributed by atoms with Crippen LogP contribution in [-0.2, 0) is 10.0 Å². The molecule has 2 heterocycles. The number of sulfonamides is 1. The second-order valence-corrected chi connectivity index (χ2v) is 8.65. The Hall–Kier alpha value is -3.38. The van der Waals surface area contributed by atoms with E-state index in [1.165, 1.54) is 12.4 Å². The number of para-hydroxylation sites is 1. The van der Waals surface area contributed by atoms with Crippen molar-refractivity contribution in [3.63, 3.8) is 0 Å². The Labute approximate surface area is 170 Å². The van der Waals surface area contributed by atoms with Gasteiger partial charge in [0.2, 0.25) is 20.3 Å². The summed E-state index contributed by atoms with van der Waals surface area (Å²) in [5, 5.41) is 12.8. The molecule has 2 aromatic heterocycles. The lowest BCUT2D eigenvalue weighted by Gasteiger charge is -2.13. The molecule has 3 aromatic rings. The van der Waals surface area contributed by atoms with Crippen LogP contribution in [0.25, 0.3) is 0 Å². The van der Waals surface area contributed by atoms with E-state index in [2.05, 4.69) is 30.5 Å². The third-order valence-corrected chi connectivity index (χ3v) is 5.06. The van der Waals surface area contributed by atoms with Gasteiger partial charge in [-0.3, -0.25) is 24.6 Å². The number of rotatable bonds is 6. The van der Waals surface area contributed by atoms with Gasteiger partial charge in [-0.25, -0.2) is 8.42 Å². The molecule has 3 N–H and O–H groups in total. The second-order valence-electron chi connectivity index (χ2n) is 5.93. The lowest BCUT2D eigenvalue weighted by molar-refractivity contribution is 0.102. The largest absolute Gasteiger partial charge is 0.321 e. The molecule has 0 aliphatic carbocycles. The van der Waals surface area contributed by atoms with E-state index < -0.39 is 15.9 Å². The number of nitrogens with zero attached hydrogens (tertiary/aromatic N) is 3. The zero-order valence-corrected chi connectivity index (χ0v) is 17.0. The SMILES string of the molecule is Cc1cccc(C(=O)Nc2nnc(NS(C)(=O)=O)s2)c1NC(=O)c1ccncc1. The first kappa shape index (κ1) is 20.4. The van der Waals surface area contributed by atoms with Gasteiger partial charge in [0, 0.05) is 18.0 Å². The smallest absolute Gasteiger partial charge is 0.259 e. The van der Waals surface area contributed by atoms with Gasteiger partial charge in [0.15, 0.2) is 0 Å². The minimum atomic E-state index is -3.50. The molecule has 3 rings (SSSR count). The van der Waals surface area contributed by atoms with Gasteiger partial charge in [-0.05, 0) is 30.7 Å². The highest BCUT2D eigenvalue weighted by Crippen LogP contribution is 2.25. The van der Waals surface area contributed by atoms with Crippen LogP contribution < -0.4 is 15.4 Å². The summed E-state index contributed by atoms with van der Waals surface area (Å²) in [6.07, 6.45) is 3.98. The minimum absolute atomic E-state index is 0.0262.